The van der Waals surface area contributed by atoms with Crippen LogP contribution in [0.5, 0.6) is 5.75 Å². The third-order valence-corrected chi connectivity index (χ3v) is 3.91. The van der Waals surface area contributed by atoms with Crippen LogP contribution in [0.2, 0.25) is 0 Å². The number of hydrogen-bond acceptors (Lipinski definition) is 4. The molecule has 1 saturated heterocycles. The van der Waals surface area contributed by atoms with Gasteiger partial charge in [0.1, 0.15) is 12.4 Å². The SMILES string of the molecule is CCOC(=O)N1CCC(NC(N)=NCCOc2ccc(F)c(F)c2)CC1.I. The first kappa shape index (κ1) is 23.2. The summed E-state index contributed by atoms with van der Waals surface area (Å²) in [6.45, 7) is 3.81. The van der Waals surface area contributed by atoms with Crippen LogP contribution in [-0.4, -0.2) is 55.8 Å². The van der Waals surface area contributed by atoms with Crippen molar-refractivity contribution in [3.63, 3.8) is 0 Å². The van der Waals surface area contributed by atoms with Gasteiger partial charge in [0.2, 0.25) is 0 Å². The topological polar surface area (TPSA) is 89.2 Å². The van der Waals surface area contributed by atoms with Crippen LogP contribution in [0.15, 0.2) is 23.2 Å². The second-order valence-electron chi connectivity index (χ2n) is 5.80. The van der Waals surface area contributed by atoms with Gasteiger partial charge in [0.25, 0.3) is 0 Å². The lowest BCUT2D eigenvalue weighted by atomic mass is 10.1. The highest BCUT2D eigenvalue weighted by Crippen LogP contribution is 2.15. The Morgan fingerprint density at radius 3 is 2.67 bits per heavy atom. The van der Waals surface area contributed by atoms with E-state index in [1.165, 1.54) is 6.07 Å². The summed E-state index contributed by atoms with van der Waals surface area (Å²) >= 11 is 0. The first-order chi connectivity index (χ1) is 12.5. The maximum atomic E-state index is 13.1. The first-order valence-electron chi connectivity index (χ1n) is 8.55. The zero-order valence-electron chi connectivity index (χ0n) is 15.1. The molecule has 27 heavy (non-hydrogen) atoms. The summed E-state index contributed by atoms with van der Waals surface area (Å²) in [5.41, 5.74) is 5.84. The van der Waals surface area contributed by atoms with Crippen molar-refractivity contribution >= 4 is 36.0 Å². The predicted octanol–water partition coefficient (Wildman–Crippen LogP) is 2.49. The fourth-order valence-electron chi connectivity index (χ4n) is 2.57. The number of nitrogens with zero attached hydrogens (tertiary/aromatic N) is 2. The van der Waals surface area contributed by atoms with E-state index in [1.807, 2.05) is 0 Å². The molecular weight excluding hydrogens is 473 g/mol. The van der Waals surface area contributed by atoms with E-state index in [2.05, 4.69) is 10.3 Å². The number of likely N-dealkylation sites (tertiary alicyclic amines) is 1. The zero-order chi connectivity index (χ0) is 18.9. The van der Waals surface area contributed by atoms with E-state index in [1.54, 1.807) is 11.8 Å². The number of halogens is 3. The zero-order valence-corrected chi connectivity index (χ0v) is 17.5. The fourth-order valence-corrected chi connectivity index (χ4v) is 2.57. The number of carbonyl (C=O) groups excluding carboxylic acids is 1. The number of rotatable bonds is 6. The van der Waals surface area contributed by atoms with Crippen molar-refractivity contribution in [1.82, 2.24) is 10.2 Å². The van der Waals surface area contributed by atoms with Crippen LogP contribution in [-0.2, 0) is 4.74 Å². The molecule has 1 fully saturated rings. The standard InChI is InChI=1S/C17H24F2N4O3.HI/c1-2-25-17(24)23-8-5-12(6-9-23)22-16(20)21-7-10-26-13-3-4-14(18)15(19)11-13;/h3-4,11-12H,2,5-10H2,1H3,(H3,20,21,22);1H. The summed E-state index contributed by atoms with van der Waals surface area (Å²) in [4.78, 5) is 17.4. The lowest BCUT2D eigenvalue weighted by molar-refractivity contribution is 0.0963. The van der Waals surface area contributed by atoms with E-state index < -0.39 is 11.6 Å². The van der Waals surface area contributed by atoms with Crippen molar-refractivity contribution in [3.8, 4) is 5.75 Å². The van der Waals surface area contributed by atoms with Crippen LogP contribution in [0, 0.1) is 11.6 Å². The van der Waals surface area contributed by atoms with Gasteiger partial charge in [-0.1, -0.05) is 0 Å². The number of amides is 1. The van der Waals surface area contributed by atoms with E-state index in [-0.39, 0.29) is 61.0 Å². The molecule has 0 aromatic heterocycles. The third kappa shape index (κ3) is 7.73. The summed E-state index contributed by atoms with van der Waals surface area (Å²) in [7, 11) is 0. The predicted molar refractivity (Wildman–Crippen MR) is 109 cm³/mol. The van der Waals surface area contributed by atoms with Crippen molar-refractivity contribution in [3.05, 3.63) is 29.8 Å². The molecule has 1 heterocycles. The Morgan fingerprint density at radius 2 is 2.04 bits per heavy atom. The average Bonchev–Trinajstić information content (AvgIpc) is 2.62. The van der Waals surface area contributed by atoms with E-state index in [9.17, 15) is 13.6 Å². The molecule has 0 aliphatic carbocycles. The highest BCUT2D eigenvalue weighted by molar-refractivity contribution is 14.0. The largest absolute Gasteiger partial charge is 0.492 e. The average molecular weight is 498 g/mol. The first-order valence-corrected chi connectivity index (χ1v) is 8.55. The molecule has 10 heteroatoms. The van der Waals surface area contributed by atoms with Gasteiger partial charge in [-0.15, -0.1) is 24.0 Å². The van der Waals surface area contributed by atoms with Gasteiger partial charge in [-0.3, -0.25) is 0 Å². The molecule has 1 amide bonds. The second-order valence-corrected chi connectivity index (χ2v) is 5.80. The smallest absolute Gasteiger partial charge is 0.409 e. The van der Waals surface area contributed by atoms with Gasteiger partial charge in [0.15, 0.2) is 17.6 Å². The number of guanidine groups is 1. The van der Waals surface area contributed by atoms with Crippen LogP contribution in [0.1, 0.15) is 19.8 Å². The Hall–Kier alpha value is -1.85. The number of nitrogens with one attached hydrogen (secondary N) is 1. The molecular formula is C17H25F2IN4O3. The quantitative estimate of drug-likeness (QED) is 0.273. The van der Waals surface area contributed by atoms with E-state index in [0.717, 1.165) is 25.0 Å². The molecule has 7 nitrogen and oxygen atoms in total. The summed E-state index contributed by atoms with van der Waals surface area (Å²) in [6, 6.07) is 3.47. The highest BCUT2D eigenvalue weighted by Gasteiger charge is 2.23. The number of piperidine rings is 1. The van der Waals surface area contributed by atoms with Gasteiger partial charge in [-0.2, -0.15) is 0 Å². The van der Waals surface area contributed by atoms with Gasteiger partial charge in [-0.25, -0.2) is 18.6 Å². The van der Waals surface area contributed by atoms with Crippen LogP contribution in [0.3, 0.4) is 0 Å². The van der Waals surface area contributed by atoms with Crippen LogP contribution >= 0.6 is 24.0 Å². The number of carbonyl (C=O) groups is 1. The third-order valence-electron chi connectivity index (χ3n) is 3.91. The van der Waals surface area contributed by atoms with Gasteiger partial charge in [0, 0.05) is 25.2 Å². The molecule has 0 spiro atoms. The van der Waals surface area contributed by atoms with Crippen molar-refractivity contribution in [2.45, 2.75) is 25.8 Å². The van der Waals surface area contributed by atoms with E-state index in [4.69, 9.17) is 15.2 Å². The van der Waals surface area contributed by atoms with Crippen LogP contribution in [0.25, 0.3) is 0 Å². The van der Waals surface area contributed by atoms with Gasteiger partial charge in [-0.05, 0) is 31.9 Å². The number of aliphatic imine (C=N–C) groups is 1. The maximum Gasteiger partial charge on any atom is 0.409 e. The van der Waals surface area contributed by atoms with E-state index in [0.29, 0.717) is 19.7 Å². The minimum atomic E-state index is -0.957. The Labute approximate surface area is 174 Å². The van der Waals surface area contributed by atoms with Crippen molar-refractivity contribution in [2.75, 3.05) is 32.8 Å². The minimum absolute atomic E-state index is 0. The molecule has 0 unspecified atom stereocenters. The summed E-state index contributed by atoms with van der Waals surface area (Å²) < 4.78 is 36.1. The summed E-state index contributed by atoms with van der Waals surface area (Å²) in [6.07, 6.45) is 1.21. The fraction of sp³-hybridized carbons (Fsp3) is 0.529. The Bertz CT molecular complexity index is 641. The molecule has 1 aliphatic heterocycles. The Morgan fingerprint density at radius 1 is 1.33 bits per heavy atom. The maximum absolute atomic E-state index is 13.1. The van der Waals surface area contributed by atoms with Crippen molar-refractivity contribution in [2.24, 2.45) is 10.7 Å². The molecule has 0 atom stereocenters. The normalized spacial score (nSPS) is 15.1. The van der Waals surface area contributed by atoms with Crippen LogP contribution in [0.4, 0.5) is 13.6 Å². The molecule has 0 bridgehead atoms. The minimum Gasteiger partial charge on any atom is -0.492 e. The molecule has 2 rings (SSSR count). The highest BCUT2D eigenvalue weighted by atomic mass is 127. The van der Waals surface area contributed by atoms with Crippen molar-refractivity contribution < 1.29 is 23.0 Å². The Balaban J connectivity index is 0.00000364. The molecule has 1 aromatic carbocycles. The van der Waals surface area contributed by atoms with Gasteiger partial charge in [0.05, 0.1) is 13.2 Å². The second kappa shape index (κ2) is 11.8. The summed E-state index contributed by atoms with van der Waals surface area (Å²) in [5.74, 6) is -1.36. The lowest BCUT2D eigenvalue weighted by Crippen LogP contribution is -2.48. The molecule has 0 radical (unpaired) electrons. The number of nitrogens with two attached hydrogens (primary N) is 1. The van der Waals surface area contributed by atoms with Crippen LogP contribution < -0.4 is 15.8 Å². The van der Waals surface area contributed by atoms with Crippen molar-refractivity contribution in [1.29, 1.82) is 0 Å². The monoisotopic (exact) mass is 498 g/mol. The molecule has 3 N–H and O–H groups in total. The molecule has 0 saturated carbocycles. The molecule has 152 valence electrons. The Kier molecular flexibility index (Phi) is 10.1. The number of ether oxygens (including phenoxy) is 2. The molecule has 1 aliphatic rings. The number of benzene rings is 1. The molecule has 1 aromatic rings. The number of hydrogen-bond donors (Lipinski definition) is 2. The lowest BCUT2D eigenvalue weighted by Gasteiger charge is -2.31. The van der Waals surface area contributed by atoms with Gasteiger partial charge >= 0.3 is 6.09 Å². The van der Waals surface area contributed by atoms with Gasteiger partial charge < -0.3 is 25.4 Å². The van der Waals surface area contributed by atoms with E-state index >= 15 is 0 Å². The summed E-state index contributed by atoms with van der Waals surface area (Å²) in [5, 5.41) is 3.11.